The highest BCUT2D eigenvalue weighted by atomic mass is 19.1. The molecule has 0 heterocycles. The van der Waals surface area contributed by atoms with Gasteiger partial charge < -0.3 is 16.0 Å². The van der Waals surface area contributed by atoms with Gasteiger partial charge in [0.25, 0.3) is 5.91 Å². The van der Waals surface area contributed by atoms with Gasteiger partial charge in [0.2, 0.25) is 5.91 Å². The zero-order chi connectivity index (χ0) is 16.0. The van der Waals surface area contributed by atoms with Crippen molar-refractivity contribution in [3.8, 4) is 0 Å². The highest BCUT2D eigenvalue weighted by Gasteiger charge is 2.27. The molecule has 116 valence electrons. The minimum Gasteiger partial charge on any atom is -0.382 e. The number of amides is 2. The number of hydrogen-bond acceptors (Lipinski definition) is 3. The Balaban J connectivity index is 2.86. The smallest absolute Gasteiger partial charge is 0.253 e. The number of carbonyl (C=O) groups excluding carboxylic acids is 2. The summed E-state index contributed by atoms with van der Waals surface area (Å²) in [4.78, 5) is 23.9. The van der Waals surface area contributed by atoms with Crippen molar-refractivity contribution in [3.63, 3.8) is 0 Å². The van der Waals surface area contributed by atoms with Crippen molar-refractivity contribution >= 4 is 17.5 Å². The van der Waals surface area contributed by atoms with E-state index < -0.39 is 17.1 Å². The van der Waals surface area contributed by atoms with Crippen LogP contribution < -0.4 is 16.0 Å². The molecule has 21 heavy (non-hydrogen) atoms. The lowest BCUT2D eigenvalue weighted by atomic mass is 9.92. The highest BCUT2D eigenvalue weighted by Crippen LogP contribution is 2.20. The third kappa shape index (κ3) is 4.18. The van der Waals surface area contributed by atoms with E-state index in [-0.39, 0.29) is 23.7 Å². The van der Waals surface area contributed by atoms with E-state index in [1.54, 1.807) is 27.0 Å². The van der Waals surface area contributed by atoms with Gasteiger partial charge in [-0.25, -0.2) is 4.39 Å². The first-order chi connectivity index (χ1) is 9.83. The second-order valence-corrected chi connectivity index (χ2v) is 5.34. The standard InChI is InChI=1S/C15H22FN3O2/c1-5-18-12-10(7-6-8-11(12)16)13(20)19-9-15(2,3)14(21)17-4/h6-8,18H,5,9H2,1-4H3,(H,17,21)(H,19,20). The normalized spacial score (nSPS) is 10.9. The summed E-state index contributed by atoms with van der Waals surface area (Å²) in [5.74, 6) is -1.06. The van der Waals surface area contributed by atoms with Gasteiger partial charge >= 0.3 is 0 Å². The zero-order valence-corrected chi connectivity index (χ0v) is 12.8. The van der Waals surface area contributed by atoms with Crippen LogP contribution in [0.25, 0.3) is 0 Å². The first-order valence-corrected chi connectivity index (χ1v) is 6.86. The summed E-state index contributed by atoms with van der Waals surface area (Å²) in [7, 11) is 1.54. The Morgan fingerprint density at radius 1 is 1.29 bits per heavy atom. The van der Waals surface area contributed by atoms with Gasteiger partial charge in [-0.3, -0.25) is 9.59 Å². The summed E-state index contributed by atoms with van der Waals surface area (Å²) < 4.78 is 13.7. The molecule has 0 saturated carbocycles. The molecular formula is C15H22FN3O2. The van der Waals surface area contributed by atoms with Crippen LogP contribution in [-0.4, -0.2) is 32.0 Å². The molecule has 0 aliphatic rings. The van der Waals surface area contributed by atoms with Gasteiger partial charge in [0.15, 0.2) is 0 Å². The fourth-order valence-electron chi connectivity index (χ4n) is 1.88. The van der Waals surface area contributed by atoms with Gasteiger partial charge in [-0.05, 0) is 32.9 Å². The van der Waals surface area contributed by atoms with Crippen LogP contribution >= 0.6 is 0 Å². The van der Waals surface area contributed by atoms with Gasteiger partial charge in [0, 0.05) is 20.1 Å². The molecule has 0 aromatic heterocycles. The fraction of sp³-hybridized carbons (Fsp3) is 0.467. The maximum absolute atomic E-state index is 13.7. The van der Waals surface area contributed by atoms with Crippen molar-refractivity contribution in [2.45, 2.75) is 20.8 Å². The van der Waals surface area contributed by atoms with Gasteiger partial charge in [0.05, 0.1) is 16.7 Å². The van der Waals surface area contributed by atoms with Gasteiger partial charge in [-0.1, -0.05) is 6.07 Å². The predicted octanol–water partition coefficient (Wildman–Crippen LogP) is 1.76. The molecule has 0 aliphatic heterocycles. The largest absolute Gasteiger partial charge is 0.382 e. The number of rotatable bonds is 6. The molecule has 1 aromatic rings. The molecule has 0 bridgehead atoms. The second-order valence-electron chi connectivity index (χ2n) is 5.34. The Morgan fingerprint density at radius 2 is 1.95 bits per heavy atom. The maximum Gasteiger partial charge on any atom is 0.253 e. The van der Waals surface area contributed by atoms with Crippen LogP contribution in [0.3, 0.4) is 0 Å². The van der Waals surface area contributed by atoms with Crippen LogP contribution in [-0.2, 0) is 4.79 Å². The molecule has 1 aromatic carbocycles. The molecule has 5 nitrogen and oxygen atoms in total. The molecule has 6 heteroatoms. The summed E-state index contributed by atoms with van der Waals surface area (Å²) in [6, 6.07) is 4.32. The van der Waals surface area contributed by atoms with Crippen molar-refractivity contribution in [1.29, 1.82) is 0 Å². The summed E-state index contributed by atoms with van der Waals surface area (Å²) in [6.45, 7) is 5.94. The predicted molar refractivity (Wildman–Crippen MR) is 80.7 cm³/mol. The van der Waals surface area contributed by atoms with Crippen LogP contribution in [0.15, 0.2) is 18.2 Å². The van der Waals surface area contributed by atoms with E-state index in [1.807, 2.05) is 6.92 Å². The average molecular weight is 295 g/mol. The molecule has 0 fully saturated rings. The number of carbonyl (C=O) groups is 2. The Hall–Kier alpha value is -2.11. The minimum atomic E-state index is -0.740. The number of para-hydroxylation sites is 1. The lowest BCUT2D eigenvalue weighted by Gasteiger charge is -2.23. The molecule has 0 radical (unpaired) electrons. The highest BCUT2D eigenvalue weighted by molar-refractivity contribution is 6.00. The fourth-order valence-corrected chi connectivity index (χ4v) is 1.88. The molecule has 0 atom stereocenters. The van der Waals surface area contributed by atoms with Crippen LogP contribution in [0.2, 0.25) is 0 Å². The Bertz CT molecular complexity index is 530. The SMILES string of the molecule is CCNc1c(F)cccc1C(=O)NCC(C)(C)C(=O)NC. The van der Waals surface area contributed by atoms with E-state index in [0.29, 0.717) is 6.54 Å². The third-order valence-corrected chi connectivity index (χ3v) is 3.14. The second kappa shape index (κ2) is 7.06. The molecule has 0 saturated heterocycles. The van der Waals surface area contributed by atoms with Crippen molar-refractivity contribution in [2.75, 3.05) is 25.5 Å². The van der Waals surface area contributed by atoms with E-state index in [1.165, 1.54) is 12.1 Å². The lowest BCUT2D eigenvalue weighted by molar-refractivity contribution is -0.128. The van der Waals surface area contributed by atoms with E-state index in [9.17, 15) is 14.0 Å². The molecule has 2 amide bonds. The zero-order valence-electron chi connectivity index (χ0n) is 12.8. The third-order valence-electron chi connectivity index (χ3n) is 3.14. The van der Waals surface area contributed by atoms with E-state index in [4.69, 9.17) is 0 Å². The van der Waals surface area contributed by atoms with Crippen molar-refractivity contribution in [1.82, 2.24) is 10.6 Å². The van der Waals surface area contributed by atoms with Crippen LogP contribution in [0.4, 0.5) is 10.1 Å². The average Bonchev–Trinajstić information content (AvgIpc) is 2.46. The Kier molecular flexibility index (Phi) is 5.69. The molecule has 3 N–H and O–H groups in total. The summed E-state index contributed by atoms with van der Waals surface area (Å²) in [6.07, 6.45) is 0. The number of hydrogen-bond donors (Lipinski definition) is 3. The summed E-state index contributed by atoms with van der Waals surface area (Å²) in [5, 5.41) is 8.06. The van der Waals surface area contributed by atoms with Crippen LogP contribution in [0.1, 0.15) is 31.1 Å². The van der Waals surface area contributed by atoms with Crippen LogP contribution in [0.5, 0.6) is 0 Å². The van der Waals surface area contributed by atoms with E-state index in [2.05, 4.69) is 16.0 Å². The van der Waals surface area contributed by atoms with Gasteiger partial charge in [-0.15, -0.1) is 0 Å². The summed E-state index contributed by atoms with van der Waals surface area (Å²) >= 11 is 0. The number of halogens is 1. The monoisotopic (exact) mass is 295 g/mol. The number of anilines is 1. The number of nitrogens with one attached hydrogen (secondary N) is 3. The van der Waals surface area contributed by atoms with Gasteiger partial charge in [0.1, 0.15) is 5.82 Å². The van der Waals surface area contributed by atoms with Gasteiger partial charge in [-0.2, -0.15) is 0 Å². The Labute approximate surface area is 124 Å². The molecule has 0 spiro atoms. The quantitative estimate of drug-likeness (QED) is 0.749. The Morgan fingerprint density at radius 3 is 2.52 bits per heavy atom. The van der Waals surface area contributed by atoms with Crippen molar-refractivity contribution in [3.05, 3.63) is 29.6 Å². The molecule has 1 rings (SSSR count). The van der Waals surface area contributed by atoms with E-state index >= 15 is 0 Å². The van der Waals surface area contributed by atoms with Crippen molar-refractivity contribution in [2.24, 2.45) is 5.41 Å². The maximum atomic E-state index is 13.7. The molecule has 0 aliphatic carbocycles. The molecular weight excluding hydrogens is 273 g/mol. The topological polar surface area (TPSA) is 70.2 Å². The van der Waals surface area contributed by atoms with E-state index in [0.717, 1.165) is 0 Å². The first kappa shape index (κ1) is 16.9. The number of benzene rings is 1. The van der Waals surface area contributed by atoms with Crippen molar-refractivity contribution < 1.29 is 14.0 Å². The minimum absolute atomic E-state index is 0.160. The molecule has 0 unspecified atom stereocenters. The first-order valence-electron chi connectivity index (χ1n) is 6.86. The summed E-state index contributed by atoms with van der Waals surface area (Å²) in [5.41, 5.74) is -0.337. The van der Waals surface area contributed by atoms with Crippen LogP contribution in [0, 0.1) is 11.2 Å². The lowest BCUT2D eigenvalue weighted by Crippen LogP contribution is -2.43.